The van der Waals surface area contributed by atoms with Crippen molar-refractivity contribution in [1.82, 2.24) is 5.32 Å². The second-order valence-electron chi connectivity index (χ2n) is 6.57. The Kier molecular flexibility index (Phi) is 4.77. The van der Waals surface area contributed by atoms with Gasteiger partial charge in [-0.05, 0) is 60.9 Å². The summed E-state index contributed by atoms with van der Waals surface area (Å²) >= 11 is 9.75. The van der Waals surface area contributed by atoms with Crippen molar-refractivity contribution < 1.29 is 13.6 Å². The predicted octanol–water partition coefficient (Wildman–Crippen LogP) is 5.50. The molecule has 0 unspecified atom stereocenters. The number of carbonyl (C=O) groups excluding carboxylic acids is 1. The van der Waals surface area contributed by atoms with Crippen molar-refractivity contribution in [2.45, 2.75) is 20.4 Å². The third-order valence-corrected chi connectivity index (χ3v) is 5.68. The van der Waals surface area contributed by atoms with E-state index in [4.69, 9.17) is 20.4 Å². The molecular weight excluding hydrogens is 446 g/mol. The van der Waals surface area contributed by atoms with Crippen LogP contribution in [0.25, 0.3) is 21.9 Å². The number of rotatable bonds is 3. The van der Waals surface area contributed by atoms with Gasteiger partial charge in [-0.1, -0.05) is 27.5 Å². The van der Waals surface area contributed by atoms with Crippen molar-refractivity contribution in [3.8, 4) is 0 Å². The minimum absolute atomic E-state index is 0.141. The normalized spacial score (nSPS) is 11.3. The maximum Gasteiger partial charge on any atom is 0.336 e. The topological polar surface area (TPSA) is 72.5 Å². The Hall–Kier alpha value is -2.57. The highest BCUT2D eigenvalue weighted by molar-refractivity contribution is 9.10. The number of halogens is 2. The number of aryl methyl sites for hydroxylation is 2. The summed E-state index contributed by atoms with van der Waals surface area (Å²) in [6.07, 6.45) is 0. The van der Waals surface area contributed by atoms with Crippen LogP contribution in [-0.2, 0) is 6.54 Å². The van der Waals surface area contributed by atoms with E-state index in [0.29, 0.717) is 21.8 Å². The molecule has 0 fully saturated rings. The molecule has 1 N–H and O–H groups in total. The van der Waals surface area contributed by atoms with Crippen molar-refractivity contribution in [2.24, 2.45) is 0 Å². The zero-order valence-corrected chi connectivity index (χ0v) is 17.4. The van der Waals surface area contributed by atoms with E-state index in [-0.39, 0.29) is 18.2 Å². The third kappa shape index (κ3) is 3.34. The average molecular weight is 461 g/mol. The molecule has 28 heavy (non-hydrogen) atoms. The van der Waals surface area contributed by atoms with Crippen LogP contribution in [0.15, 0.2) is 54.5 Å². The molecule has 0 aliphatic heterocycles. The van der Waals surface area contributed by atoms with Crippen LogP contribution < -0.4 is 10.9 Å². The molecule has 2 aromatic heterocycles. The van der Waals surface area contributed by atoms with Gasteiger partial charge in [-0.15, -0.1) is 0 Å². The zero-order chi connectivity index (χ0) is 20.0. The third-order valence-electron chi connectivity index (χ3n) is 4.61. The number of benzene rings is 2. The molecule has 7 heteroatoms. The van der Waals surface area contributed by atoms with E-state index >= 15 is 0 Å². The number of amides is 1. The lowest BCUT2D eigenvalue weighted by molar-refractivity contribution is 0.0925. The van der Waals surface area contributed by atoms with E-state index in [1.807, 2.05) is 26.0 Å². The molecular formula is C21H15BrClNO4. The van der Waals surface area contributed by atoms with Gasteiger partial charge in [0.15, 0.2) is 5.76 Å². The minimum Gasteiger partial charge on any atom is -0.451 e. The van der Waals surface area contributed by atoms with Crippen LogP contribution >= 0.6 is 27.5 Å². The van der Waals surface area contributed by atoms with Crippen LogP contribution in [0.2, 0.25) is 5.02 Å². The molecule has 0 spiro atoms. The molecule has 0 aliphatic rings. The summed E-state index contributed by atoms with van der Waals surface area (Å²) in [5.41, 5.74) is 2.86. The fraction of sp³-hybridized carbons (Fsp3) is 0.143. The number of fused-ring (bicyclic) bond motifs is 2. The molecule has 4 rings (SSSR count). The summed E-state index contributed by atoms with van der Waals surface area (Å²) in [7, 11) is 0. The first-order valence-corrected chi connectivity index (χ1v) is 9.70. The number of furan rings is 1. The number of nitrogens with one attached hydrogen (secondary N) is 1. The maximum absolute atomic E-state index is 12.6. The van der Waals surface area contributed by atoms with Gasteiger partial charge in [-0.3, -0.25) is 4.79 Å². The van der Waals surface area contributed by atoms with E-state index < -0.39 is 5.63 Å². The van der Waals surface area contributed by atoms with Crippen molar-refractivity contribution in [2.75, 3.05) is 0 Å². The highest BCUT2D eigenvalue weighted by atomic mass is 79.9. The van der Waals surface area contributed by atoms with Crippen LogP contribution in [0.4, 0.5) is 0 Å². The Morgan fingerprint density at radius 2 is 1.89 bits per heavy atom. The molecule has 2 aromatic carbocycles. The Morgan fingerprint density at radius 1 is 1.11 bits per heavy atom. The van der Waals surface area contributed by atoms with E-state index in [1.54, 1.807) is 18.2 Å². The molecule has 0 saturated carbocycles. The average Bonchev–Trinajstić information content (AvgIpc) is 3.06. The Balaban J connectivity index is 1.67. The number of hydrogen-bond donors (Lipinski definition) is 1. The lowest BCUT2D eigenvalue weighted by Crippen LogP contribution is -2.23. The molecule has 0 atom stereocenters. The smallest absolute Gasteiger partial charge is 0.336 e. The van der Waals surface area contributed by atoms with Crippen molar-refractivity contribution in [1.29, 1.82) is 0 Å². The molecule has 1 amide bonds. The van der Waals surface area contributed by atoms with Crippen molar-refractivity contribution in [3.63, 3.8) is 0 Å². The van der Waals surface area contributed by atoms with Crippen LogP contribution in [-0.4, -0.2) is 5.91 Å². The van der Waals surface area contributed by atoms with E-state index in [2.05, 4.69) is 21.2 Å². The second-order valence-corrected chi connectivity index (χ2v) is 7.87. The Bertz CT molecular complexity index is 1310. The lowest BCUT2D eigenvalue weighted by Gasteiger charge is -2.11. The molecule has 0 saturated heterocycles. The molecule has 4 aromatic rings. The predicted molar refractivity (Wildman–Crippen MR) is 112 cm³/mol. The Morgan fingerprint density at radius 3 is 2.68 bits per heavy atom. The van der Waals surface area contributed by atoms with Crippen molar-refractivity contribution >= 4 is 55.4 Å². The van der Waals surface area contributed by atoms with Gasteiger partial charge in [0, 0.05) is 32.9 Å². The standard InChI is InChI=1S/C21H15BrClNO4/c1-10-5-16-19(11(2)20(10)23)13(8-18(25)28-16)9-24-21(26)17-7-12-6-14(22)3-4-15(12)27-17/h3-8H,9H2,1-2H3,(H,24,26). The summed E-state index contributed by atoms with van der Waals surface area (Å²) in [5, 5.41) is 4.96. The van der Waals surface area contributed by atoms with Gasteiger partial charge in [0.1, 0.15) is 11.2 Å². The van der Waals surface area contributed by atoms with Crippen molar-refractivity contribution in [3.05, 3.63) is 78.8 Å². The SMILES string of the molecule is Cc1cc2oc(=O)cc(CNC(=O)c3cc4cc(Br)ccc4o3)c2c(C)c1Cl. The van der Waals surface area contributed by atoms with Gasteiger partial charge in [-0.2, -0.15) is 0 Å². The summed E-state index contributed by atoms with van der Waals surface area (Å²) in [5.74, 6) is -0.171. The molecule has 5 nitrogen and oxygen atoms in total. The van der Waals surface area contributed by atoms with Gasteiger partial charge in [0.2, 0.25) is 0 Å². The molecule has 0 radical (unpaired) electrons. The van der Waals surface area contributed by atoms with Gasteiger partial charge in [0.05, 0.1) is 0 Å². The lowest BCUT2D eigenvalue weighted by atomic mass is 10.0. The zero-order valence-electron chi connectivity index (χ0n) is 15.1. The summed E-state index contributed by atoms with van der Waals surface area (Å²) in [6.45, 7) is 3.85. The van der Waals surface area contributed by atoms with Crippen LogP contribution in [0, 0.1) is 13.8 Å². The van der Waals surface area contributed by atoms with Gasteiger partial charge in [-0.25, -0.2) is 4.79 Å². The van der Waals surface area contributed by atoms with Gasteiger partial charge >= 0.3 is 5.63 Å². The fourth-order valence-corrected chi connectivity index (χ4v) is 3.81. The highest BCUT2D eigenvalue weighted by Gasteiger charge is 2.16. The largest absolute Gasteiger partial charge is 0.451 e. The molecule has 2 heterocycles. The van der Waals surface area contributed by atoms with Gasteiger partial charge < -0.3 is 14.2 Å². The Labute approximate surface area is 173 Å². The van der Waals surface area contributed by atoms with Crippen LogP contribution in [0.5, 0.6) is 0 Å². The first-order chi connectivity index (χ1) is 13.3. The van der Waals surface area contributed by atoms with Crippen LogP contribution in [0.1, 0.15) is 27.2 Å². The van der Waals surface area contributed by atoms with E-state index in [0.717, 1.165) is 26.4 Å². The number of hydrogen-bond acceptors (Lipinski definition) is 4. The highest BCUT2D eigenvalue weighted by Crippen LogP contribution is 2.30. The summed E-state index contributed by atoms with van der Waals surface area (Å²) in [4.78, 5) is 24.5. The maximum atomic E-state index is 12.6. The molecule has 142 valence electrons. The minimum atomic E-state index is -0.480. The molecule has 0 aliphatic carbocycles. The molecule has 0 bridgehead atoms. The van der Waals surface area contributed by atoms with Crippen LogP contribution in [0.3, 0.4) is 0 Å². The fourth-order valence-electron chi connectivity index (χ4n) is 3.28. The second kappa shape index (κ2) is 7.11. The number of carbonyl (C=O) groups is 1. The first kappa shape index (κ1) is 18.8. The summed E-state index contributed by atoms with van der Waals surface area (Å²) < 4.78 is 11.8. The van der Waals surface area contributed by atoms with E-state index in [1.165, 1.54) is 6.07 Å². The summed E-state index contributed by atoms with van der Waals surface area (Å²) in [6, 6.07) is 10.3. The quantitative estimate of drug-likeness (QED) is 0.410. The van der Waals surface area contributed by atoms with Gasteiger partial charge in [0.25, 0.3) is 5.91 Å². The monoisotopic (exact) mass is 459 g/mol. The first-order valence-electron chi connectivity index (χ1n) is 8.53. The van der Waals surface area contributed by atoms with E-state index in [9.17, 15) is 9.59 Å².